The van der Waals surface area contributed by atoms with Crippen molar-refractivity contribution in [2.24, 2.45) is 5.92 Å². The molecule has 0 fully saturated rings. The first-order valence-corrected chi connectivity index (χ1v) is 4.89. The van der Waals surface area contributed by atoms with Crippen LogP contribution in [0.2, 0.25) is 0 Å². The fourth-order valence-electron chi connectivity index (χ4n) is 1.28. The molecule has 0 saturated carbocycles. The maximum Gasteiger partial charge on any atom is 0.0666 e. The Morgan fingerprint density at radius 1 is 1.43 bits per heavy atom. The lowest BCUT2D eigenvalue weighted by molar-refractivity contribution is 0.600. The highest BCUT2D eigenvalue weighted by Gasteiger charge is 1.99. The van der Waals surface area contributed by atoms with Crippen LogP contribution in [-0.4, -0.2) is 6.54 Å². The Morgan fingerprint density at radius 2 is 2.14 bits per heavy atom. The van der Waals surface area contributed by atoms with Gasteiger partial charge in [0.2, 0.25) is 0 Å². The molecule has 1 aromatic rings. The molecule has 0 aromatic heterocycles. The Kier molecular flexibility index (Phi) is 4.15. The molecule has 74 valence electrons. The van der Waals surface area contributed by atoms with Gasteiger partial charge in [-0.15, -0.1) is 0 Å². The summed E-state index contributed by atoms with van der Waals surface area (Å²) in [6.45, 7) is 5.62. The van der Waals surface area contributed by atoms with Crippen molar-refractivity contribution in [1.82, 2.24) is 5.32 Å². The van der Waals surface area contributed by atoms with Gasteiger partial charge in [0.25, 0.3) is 0 Å². The number of benzene rings is 1. The van der Waals surface area contributed by atoms with Crippen LogP contribution in [0.25, 0.3) is 0 Å². The Labute approximate surface area is 85.6 Å². The van der Waals surface area contributed by atoms with Gasteiger partial charge in [0.05, 0.1) is 12.0 Å². The number of hydrogen-bond acceptors (Lipinski definition) is 2. The molecule has 1 aromatic carbocycles. The molecule has 0 saturated heterocycles. The third kappa shape index (κ3) is 3.20. The predicted octanol–water partition coefficient (Wildman–Crippen LogP) is 2.24. The lowest BCUT2D eigenvalue weighted by Crippen LogP contribution is -2.20. The fraction of sp³-hybridized carbons (Fsp3) is 0.417. The van der Waals surface area contributed by atoms with E-state index < -0.39 is 0 Å². The molecule has 0 radical (unpaired) electrons. The predicted molar refractivity (Wildman–Crippen MR) is 57.7 cm³/mol. The van der Waals surface area contributed by atoms with E-state index in [0.29, 0.717) is 0 Å². The van der Waals surface area contributed by atoms with Crippen LogP contribution in [0.4, 0.5) is 0 Å². The second-order valence-electron chi connectivity index (χ2n) is 3.59. The molecule has 2 nitrogen and oxygen atoms in total. The number of rotatable bonds is 4. The van der Waals surface area contributed by atoms with Gasteiger partial charge in [-0.2, -0.15) is 5.26 Å². The van der Waals surface area contributed by atoms with Crippen LogP contribution in [0.15, 0.2) is 24.3 Å². The van der Waals surface area contributed by atoms with Gasteiger partial charge in [0.1, 0.15) is 0 Å². The maximum atomic E-state index is 8.60. The molecular formula is C12H16N2. The van der Waals surface area contributed by atoms with Crippen molar-refractivity contribution in [2.75, 3.05) is 6.54 Å². The summed E-state index contributed by atoms with van der Waals surface area (Å²) < 4.78 is 0. The van der Waals surface area contributed by atoms with Gasteiger partial charge < -0.3 is 5.32 Å². The van der Waals surface area contributed by atoms with E-state index >= 15 is 0 Å². The molecule has 0 aliphatic carbocycles. The summed E-state index contributed by atoms with van der Waals surface area (Å²) in [6, 6.07) is 10.5. The zero-order valence-electron chi connectivity index (χ0n) is 8.75. The summed E-state index contributed by atoms with van der Waals surface area (Å²) >= 11 is 0. The van der Waals surface area contributed by atoms with Crippen molar-refractivity contribution in [3.63, 3.8) is 0 Å². The molecular weight excluding hydrogens is 172 g/mol. The molecule has 1 N–H and O–H groups in total. The van der Waals surface area contributed by atoms with Crippen molar-refractivity contribution in [2.45, 2.75) is 20.4 Å². The van der Waals surface area contributed by atoms with Crippen LogP contribution in [0.5, 0.6) is 0 Å². The second-order valence-corrected chi connectivity index (χ2v) is 3.59. The topological polar surface area (TPSA) is 35.8 Å². The summed E-state index contributed by atoms with van der Waals surface area (Å²) in [5, 5.41) is 11.9. The van der Waals surface area contributed by atoms with Gasteiger partial charge in [-0.05, 0) is 25.0 Å². The van der Waals surface area contributed by atoms with Crippen LogP contribution >= 0.6 is 0 Å². The SMILES string of the molecule is Cc1ccccc1CNCC(C)C#N. The van der Waals surface area contributed by atoms with Crippen LogP contribution in [0.1, 0.15) is 18.1 Å². The average molecular weight is 188 g/mol. The lowest BCUT2D eigenvalue weighted by Gasteiger charge is -2.08. The number of nitriles is 1. The Balaban J connectivity index is 2.40. The van der Waals surface area contributed by atoms with Gasteiger partial charge in [0, 0.05) is 13.1 Å². The lowest BCUT2D eigenvalue weighted by atomic mass is 10.1. The molecule has 14 heavy (non-hydrogen) atoms. The summed E-state index contributed by atoms with van der Waals surface area (Å²) in [7, 11) is 0. The quantitative estimate of drug-likeness (QED) is 0.786. The molecule has 1 unspecified atom stereocenters. The normalized spacial score (nSPS) is 12.1. The Hall–Kier alpha value is -1.33. The third-order valence-electron chi connectivity index (χ3n) is 2.25. The highest BCUT2D eigenvalue weighted by Crippen LogP contribution is 2.06. The van der Waals surface area contributed by atoms with Crippen molar-refractivity contribution in [1.29, 1.82) is 5.26 Å². The van der Waals surface area contributed by atoms with Gasteiger partial charge in [-0.3, -0.25) is 0 Å². The molecule has 0 heterocycles. The van der Waals surface area contributed by atoms with Crippen LogP contribution in [-0.2, 0) is 6.54 Å². The largest absolute Gasteiger partial charge is 0.311 e. The molecule has 0 amide bonds. The standard InChI is InChI=1S/C12H16N2/c1-10(7-13)8-14-9-12-6-4-3-5-11(12)2/h3-6,10,14H,8-9H2,1-2H3. The summed E-state index contributed by atoms with van der Waals surface area (Å²) in [6.07, 6.45) is 0. The van der Waals surface area contributed by atoms with Crippen LogP contribution in [0, 0.1) is 24.2 Å². The van der Waals surface area contributed by atoms with Gasteiger partial charge in [-0.1, -0.05) is 24.3 Å². The van der Waals surface area contributed by atoms with Crippen LogP contribution in [0.3, 0.4) is 0 Å². The minimum Gasteiger partial charge on any atom is -0.311 e. The molecule has 0 aliphatic rings. The van der Waals surface area contributed by atoms with E-state index in [2.05, 4.69) is 30.4 Å². The number of aryl methyl sites for hydroxylation is 1. The Bertz CT molecular complexity index is 325. The molecule has 0 spiro atoms. The van der Waals surface area contributed by atoms with Crippen molar-refractivity contribution >= 4 is 0 Å². The minimum absolute atomic E-state index is 0.0824. The number of hydrogen-bond donors (Lipinski definition) is 1. The molecule has 1 rings (SSSR count). The maximum absolute atomic E-state index is 8.60. The average Bonchev–Trinajstić information content (AvgIpc) is 2.20. The highest BCUT2D eigenvalue weighted by atomic mass is 14.9. The van der Waals surface area contributed by atoms with E-state index in [1.807, 2.05) is 19.1 Å². The van der Waals surface area contributed by atoms with Crippen molar-refractivity contribution < 1.29 is 0 Å². The number of nitrogens with zero attached hydrogens (tertiary/aromatic N) is 1. The van der Waals surface area contributed by atoms with E-state index in [1.165, 1.54) is 11.1 Å². The monoisotopic (exact) mass is 188 g/mol. The molecule has 0 bridgehead atoms. The van der Waals surface area contributed by atoms with Crippen molar-refractivity contribution in [3.05, 3.63) is 35.4 Å². The summed E-state index contributed by atoms with van der Waals surface area (Å²) in [5.74, 6) is 0.0824. The zero-order valence-corrected chi connectivity index (χ0v) is 8.75. The first-order chi connectivity index (χ1) is 6.74. The first-order valence-electron chi connectivity index (χ1n) is 4.89. The second kappa shape index (κ2) is 5.41. The molecule has 1 atom stereocenters. The van der Waals surface area contributed by atoms with Gasteiger partial charge in [-0.25, -0.2) is 0 Å². The van der Waals surface area contributed by atoms with E-state index in [9.17, 15) is 0 Å². The molecule has 2 heteroatoms. The highest BCUT2D eigenvalue weighted by molar-refractivity contribution is 5.25. The smallest absolute Gasteiger partial charge is 0.0666 e. The minimum atomic E-state index is 0.0824. The Morgan fingerprint density at radius 3 is 2.79 bits per heavy atom. The van der Waals surface area contributed by atoms with E-state index in [1.54, 1.807) is 0 Å². The van der Waals surface area contributed by atoms with Crippen molar-refractivity contribution in [3.8, 4) is 6.07 Å². The molecule has 0 aliphatic heterocycles. The van der Waals surface area contributed by atoms with E-state index in [-0.39, 0.29) is 5.92 Å². The number of nitrogens with one attached hydrogen (secondary N) is 1. The van der Waals surface area contributed by atoms with E-state index in [4.69, 9.17) is 5.26 Å². The van der Waals surface area contributed by atoms with E-state index in [0.717, 1.165) is 13.1 Å². The third-order valence-corrected chi connectivity index (χ3v) is 2.25. The summed E-state index contributed by atoms with van der Waals surface area (Å²) in [4.78, 5) is 0. The van der Waals surface area contributed by atoms with Crippen LogP contribution < -0.4 is 5.32 Å². The first kappa shape index (κ1) is 10.7. The van der Waals surface area contributed by atoms with Gasteiger partial charge >= 0.3 is 0 Å². The fourth-order valence-corrected chi connectivity index (χ4v) is 1.28. The van der Waals surface area contributed by atoms with Gasteiger partial charge in [0.15, 0.2) is 0 Å². The zero-order chi connectivity index (χ0) is 10.4. The summed E-state index contributed by atoms with van der Waals surface area (Å²) in [5.41, 5.74) is 2.60.